The van der Waals surface area contributed by atoms with Crippen LogP contribution in [-0.2, 0) is 11.3 Å². The van der Waals surface area contributed by atoms with E-state index in [1.54, 1.807) is 25.3 Å². The topological polar surface area (TPSA) is 33.0 Å². The SMILES string of the molecule is COCc1ccc(Cl)cc1C#N. The minimum absolute atomic E-state index is 0.445. The fourth-order valence-corrected chi connectivity index (χ4v) is 1.11. The van der Waals surface area contributed by atoms with E-state index in [2.05, 4.69) is 6.07 Å². The molecule has 0 aliphatic rings. The molecule has 2 nitrogen and oxygen atoms in total. The molecule has 62 valence electrons. The lowest BCUT2D eigenvalue weighted by Gasteiger charge is -2.01. The third-order valence-corrected chi connectivity index (χ3v) is 1.73. The predicted molar refractivity (Wildman–Crippen MR) is 46.9 cm³/mol. The van der Waals surface area contributed by atoms with Gasteiger partial charge in [0.15, 0.2) is 0 Å². The maximum absolute atomic E-state index is 8.71. The molecule has 0 fully saturated rings. The van der Waals surface area contributed by atoms with Crippen molar-refractivity contribution in [3.63, 3.8) is 0 Å². The van der Waals surface area contributed by atoms with Crippen LogP contribution in [0.1, 0.15) is 11.1 Å². The maximum atomic E-state index is 8.71. The van der Waals surface area contributed by atoms with Crippen molar-refractivity contribution < 1.29 is 4.74 Å². The fraction of sp³-hybridized carbons (Fsp3) is 0.222. The van der Waals surface area contributed by atoms with Crippen molar-refractivity contribution in [2.24, 2.45) is 0 Å². The first kappa shape index (κ1) is 9.05. The smallest absolute Gasteiger partial charge is 0.0995 e. The zero-order valence-electron chi connectivity index (χ0n) is 6.67. The number of hydrogen-bond donors (Lipinski definition) is 0. The first-order valence-electron chi connectivity index (χ1n) is 3.45. The first-order chi connectivity index (χ1) is 5.77. The number of benzene rings is 1. The van der Waals surface area contributed by atoms with E-state index in [9.17, 15) is 0 Å². The molecule has 0 aromatic heterocycles. The molecule has 0 amide bonds. The van der Waals surface area contributed by atoms with Gasteiger partial charge in [0.1, 0.15) is 0 Å². The predicted octanol–water partition coefficient (Wildman–Crippen LogP) is 2.36. The Labute approximate surface area is 76.3 Å². The molecule has 0 aliphatic carbocycles. The van der Waals surface area contributed by atoms with Crippen LogP contribution < -0.4 is 0 Å². The van der Waals surface area contributed by atoms with Gasteiger partial charge in [-0.1, -0.05) is 17.7 Å². The van der Waals surface area contributed by atoms with E-state index in [4.69, 9.17) is 21.6 Å². The Bertz CT molecular complexity index is 317. The van der Waals surface area contributed by atoms with Crippen molar-refractivity contribution in [3.8, 4) is 6.07 Å². The Morgan fingerprint density at radius 1 is 1.58 bits per heavy atom. The lowest BCUT2D eigenvalue weighted by atomic mass is 10.1. The molecule has 1 aromatic rings. The molecule has 0 radical (unpaired) electrons. The van der Waals surface area contributed by atoms with Crippen molar-refractivity contribution >= 4 is 11.6 Å². The van der Waals surface area contributed by atoms with Crippen LogP contribution >= 0.6 is 11.6 Å². The standard InChI is InChI=1S/C9H8ClNO/c1-12-6-7-2-3-9(10)4-8(7)5-11/h2-4H,6H2,1H3. The minimum Gasteiger partial charge on any atom is -0.380 e. The van der Waals surface area contributed by atoms with Gasteiger partial charge in [-0.25, -0.2) is 0 Å². The number of ether oxygens (including phenoxy) is 1. The summed E-state index contributed by atoms with van der Waals surface area (Å²) in [4.78, 5) is 0. The number of nitrogens with zero attached hydrogens (tertiary/aromatic N) is 1. The van der Waals surface area contributed by atoms with Crippen LogP contribution in [0.2, 0.25) is 5.02 Å². The highest BCUT2D eigenvalue weighted by molar-refractivity contribution is 6.30. The highest BCUT2D eigenvalue weighted by atomic mass is 35.5. The fourth-order valence-electron chi connectivity index (χ4n) is 0.934. The largest absolute Gasteiger partial charge is 0.380 e. The van der Waals surface area contributed by atoms with Gasteiger partial charge in [0.2, 0.25) is 0 Å². The molecular weight excluding hydrogens is 174 g/mol. The normalized spacial score (nSPS) is 9.42. The van der Waals surface area contributed by atoms with Crippen LogP contribution in [0.25, 0.3) is 0 Å². The zero-order chi connectivity index (χ0) is 8.97. The Balaban J connectivity index is 3.05. The molecule has 0 saturated carbocycles. The second-order valence-electron chi connectivity index (χ2n) is 2.35. The number of hydrogen-bond acceptors (Lipinski definition) is 2. The van der Waals surface area contributed by atoms with Crippen molar-refractivity contribution in [2.75, 3.05) is 7.11 Å². The summed E-state index contributed by atoms with van der Waals surface area (Å²) in [5.74, 6) is 0. The molecule has 0 aliphatic heterocycles. The third-order valence-electron chi connectivity index (χ3n) is 1.49. The highest BCUT2D eigenvalue weighted by Crippen LogP contribution is 2.15. The maximum Gasteiger partial charge on any atom is 0.0995 e. The Kier molecular flexibility index (Phi) is 3.09. The summed E-state index contributed by atoms with van der Waals surface area (Å²) in [5.41, 5.74) is 1.44. The molecule has 0 N–H and O–H groups in total. The molecule has 1 aromatic carbocycles. The van der Waals surface area contributed by atoms with E-state index >= 15 is 0 Å². The number of rotatable bonds is 2. The van der Waals surface area contributed by atoms with Gasteiger partial charge in [-0.05, 0) is 17.7 Å². The summed E-state index contributed by atoms with van der Waals surface area (Å²) in [5, 5.41) is 9.28. The first-order valence-corrected chi connectivity index (χ1v) is 3.83. The minimum atomic E-state index is 0.445. The Morgan fingerprint density at radius 2 is 2.33 bits per heavy atom. The molecule has 0 spiro atoms. The highest BCUT2D eigenvalue weighted by Gasteiger charge is 2.01. The summed E-state index contributed by atoms with van der Waals surface area (Å²) >= 11 is 5.70. The molecule has 1 rings (SSSR count). The van der Waals surface area contributed by atoms with Crippen LogP contribution in [-0.4, -0.2) is 7.11 Å². The van der Waals surface area contributed by atoms with Crippen LogP contribution in [0.5, 0.6) is 0 Å². The average molecular weight is 182 g/mol. The number of nitriles is 1. The molecule has 0 bridgehead atoms. The quantitative estimate of drug-likeness (QED) is 0.702. The number of halogens is 1. The van der Waals surface area contributed by atoms with E-state index in [0.29, 0.717) is 17.2 Å². The summed E-state index contributed by atoms with van der Waals surface area (Å²) in [7, 11) is 1.59. The van der Waals surface area contributed by atoms with Crippen LogP contribution in [0.3, 0.4) is 0 Å². The summed E-state index contributed by atoms with van der Waals surface area (Å²) in [6.07, 6.45) is 0. The van der Waals surface area contributed by atoms with Crippen molar-refractivity contribution in [3.05, 3.63) is 34.3 Å². The van der Waals surface area contributed by atoms with Crippen molar-refractivity contribution in [2.45, 2.75) is 6.61 Å². The second-order valence-corrected chi connectivity index (χ2v) is 2.78. The molecule has 0 unspecified atom stereocenters. The Hall–Kier alpha value is -1.04. The lowest BCUT2D eigenvalue weighted by Crippen LogP contribution is -1.91. The van der Waals surface area contributed by atoms with E-state index in [0.717, 1.165) is 5.56 Å². The van der Waals surface area contributed by atoms with Gasteiger partial charge < -0.3 is 4.74 Å². The monoisotopic (exact) mass is 181 g/mol. The van der Waals surface area contributed by atoms with Crippen LogP contribution in [0.4, 0.5) is 0 Å². The second kappa shape index (κ2) is 4.10. The molecule has 0 atom stereocenters. The lowest BCUT2D eigenvalue weighted by molar-refractivity contribution is 0.184. The van der Waals surface area contributed by atoms with Gasteiger partial charge in [-0.3, -0.25) is 0 Å². The van der Waals surface area contributed by atoms with E-state index in [1.165, 1.54) is 0 Å². The Morgan fingerprint density at radius 3 is 2.92 bits per heavy atom. The van der Waals surface area contributed by atoms with Gasteiger partial charge in [0.25, 0.3) is 0 Å². The van der Waals surface area contributed by atoms with Gasteiger partial charge in [0.05, 0.1) is 18.2 Å². The van der Waals surface area contributed by atoms with E-state index < -0.39 is 0 Å². The number of methoxy groups -OCH3 is 1. The van der Waals surface area contributed by atoms with Gasteiger partial charge >= 0.3 is 0 Å². The molecular formula is C9H8ClNO. The molecule has 0 saturated heterocycles. The third kappa shape index (κ3) is 1.97. The van der Waals surface area contributed by atoms with Gasteiger partial charge in [-0.15, -0.1) is 0 Å². The van der Waals surface area contributed by atoms with Crippen molar-refractivity contribution in [1.82, 2.24) is 0 Å². The average Bonchev–Trinajstić information content (AvgIpc) is 2.08. The molecule has 3 heteroatoms. The van der Waals surface area contributed by atoms with E-state index in [-0.39, 0.29) is 0 Å². The van der Waals surface area contributed by atoms with Gasteiger partial charge in [0, 0.05) is 12.1 Å². The zero-order valence-corrected chi connectivity index (χ0v) is 7.43. The van der Waals surface area contributed by atoms with Crippen LogP contribution in [0, 0.1) is 11.3 Å². The molecule has 12 heavy (non-hydrogen) atoms. The summed E-state index contributed by atoms with van der Waals surface area (Å²) in [6, 6.07) is 7.23. The van der Waals surface area contributed by atoms with Crippen molar-refractivity contribution in [1.29, 1.82) is 5.26 Å². The van der Waals surface area contributed by atoms with E-state index in [1.807, 2.05) is 0 Å². The summed E-state index contributed by atoms with van der Waals surface area (Å²) in [6.45, 7) is 0.445. The van der Waals surface area contributed by atoms with Gasteiger partial charge in [-0.2, -0.15) is 5.26 Å². The summed E-state index contributed by atoms with van der Waals surface area (Å²) < 4.78 is 4.92. The molecule has 0 heterocycles. The van der Waals surface area contributed by atoms with Crippen LogP contribution in [0.15, 0.2) is 18.2 Å².